The van der Waals surface area contributed by atoms with Gasteiger partial charge >= 0.3 is 0 Å². The van der Waals surface area contributed by atoms with E-state index in [9.17, 15) is 9.18 Å². The molecule has 2 heterocycles. The van der Waals surface area contributed by atoms with Gasteiger partial charge in [-0.2, -0.15) is 9.49 Å². The molecule has 0 aliphatic rings. The van der Waals surface area contributed by atoms with E-state index in [0.29, 0.717) is 5.56 Å². The summed E-state index contributed by atoms with van der Waals surface area (Å²) in [5.41, 5.74) is 1.30. The molecule has 2 aromatic rings. The Hall–Kier alpha value is -2.24. The number of hydrogen-bond donors (Lipinski definition) is 1. The lowest BCUT2D eigenvalue weighted by atomic mass is 10.1. The number of halogens is 1. The highest BCUT2D eigenvalue weighted by atomic mass is 19.1. The number of aromatic nitrogens is 3. The molecule has 0 aromatic carbocycles. The lowest BCUT2D eigenvalue weighted by Gasteiger charge is -2.15. The fourth-order valence-electron chi connectivity index (χ4n) is 1.91. The van der Waals surface area contributed by atoms with Crippen LogP contribution in [-0.2, 0) is 6.54 Å². The minimum atomic E-state index is -0.599. The fourth-order valence-corrected chi connectivity index (χ4v) is 1.91. The summed E-state index contributed by atoms with van der Waals surface area (Å²) >= 11 is 0. The van der Waals surface area contributed by atoms with Gasteiger partial charge in [0.15, 0.2) is 0 Å². The van der Waals surface area contributed by atoms with Crippen molar-refractivity contribution in [1.82, 2.24) is 20.1 Å². The number of nitrogens with zero attached hydrogens (tertiary/aromatic N) is 3. The Morgan fingerprint density at radius 1 is 1.40 bits per heavy atom. The lowest BCUT2D eigenvalue weighted by Crippen LogP contribution is -2.28. The molecule has 0 saturated heterocycles. The third-order valence-corrected chi connectivity index (χ3v) is 3.08. The van der Waals surface area contributed by atoms with Crippen LogP contribution in [-0.4, -0.2) is 20.7 Å². The molecule has 0 saturated carbocycles. The summed E-state index contributed by atoms with van der Waals surface area (Å²) in [6.45, 7) is 4.77. The number of aryl methyl sites for hydroxylation is 1. The van der Waals surface area contributed by atoms with Gasteiger partial charge in [0.2, 0.25) is 5.95 Å². The van der Waals surface area contributed by atoms with Crippen molar-refractivity contribution in [2.45, 2.75) is 32.9 Å². The molecule has 5 nitrogen and oxygen atoms in total. The van der Waals surface area contributed by atoms with Crippen molar-refractivity contribution in [3.63, 3.8) is 0 Å². The van der Waals surface area contributed by atoms with Crippen LogP contribution in [0.25, 0.3) is 0 Å². The van der Waals surface area contributed by atoms with Gasteiger partial charge in [0.05, 0.1) is 17.8 Å². The highest BCUT2D eigenvalue weighted by Crippen LogP contribution is 2.16. The molecule has 1 atom stereocenters. The van der Waals surface area contributed by atoms with Crippen molar-refractivity contribution in [2.75, 3.05) is 0 Å². The van der Waals surface area contributed by atoms with E-state index in [4.69, 9.17) is 0 Å². The monoisotopic (exact) mass is 276 g/mol. The molecular formula is C14H17FN4O. The maximum atomic E-state index is 12.7. The molecule has 0 aliphatic carbocycles. The number of pyridine rings is 1. The van der Waals surface area contributed by atoms with E-state index in [0.717, 1.165) is 18.5 Å². The largest absolute Gasteiger partial charge is 0.345 e. The number of carbonyl (C=O) groups excluding carboxylic acids is 1. The van der Waals surface area contributed by atoms with Crippen LogP contribution in [0.3, 0.4) is 0 Å². The summed E-state index contributed by atoms with van der Waals surface area (Å²) < 4.78 is 14.5. The van der Waals surface area contributed by atoms with Gasteiger partial charge < -0.3 is 5.32 Å². The number of hydrogen-bond acceptors (Lipinski definition) is 3. The minimum Gasteiger partial charge on any atom is -0.345 e. The Labute approximate surface area is 116 Å². The van der Waals surface area contributed by atoms with E-state index in [1.54, 1.807) is 6.20 Å². The van der Waals surface area contributed by atoms with Gasteiger partial charge in [0.1, 0.15) is 0 Å². The van der Waals surface area contributed by atoms with Crippen molar-refractivity contribution < 1.29 is 9.18 Å². The third kappa shape index (κ3) is 3.20. The Kier molecular flexibility index (Phi) is 4.45. The Bertz CT molecular complexity index is 579. The fraction of sp³-hybridized carbons (Fsp3) is 0.357. The molecule has 106 valence electrons. The summed E-state index contributed by atoms with van der Waals surface area (Å²) in [6.07, 6.45) is 5.64. The molecule has 1 N–H and O–H groups in total. The molecule has 2 aromatic heterocycles. The molecular weight excluding hydrogens is 259 g/mol. The van der Waals surface area contributed by atoms with Crippen molar-refractivity contribution in [2.24, 2.45) is 0 Å². The zero-order chi connectivity index (χ0) is 14.5. The summed E-state index contributed by atoms with van der Waals surface area (Å²) in [7, 11) is 0. The van der Waals surface area contributed by atoms with Crippen molar-refractivity contribution >= 4 is 5.91 Å². The standard InChI is InChI=1S/C14H17FN4O/c1-3-12(11-8-17-19(4-2)9-11)18-14(20)10-5-6-13(15)16-7-10/h5-9,12H,3-4H2,1-2H3,(H,18,20)/t12-/m0/s1. The second kappa shape index (κ2) is 6.27. The Balaban J connectivity index is 2.09. The zero-order valence-electron chi connectivity index (χ0n) is 11.5. The van der Waals surface area contributed by atoms with Gasteiger partial charge in [-0.1, -0.05) is 6.92 Å². The maximum Gasteiger partial charge on any atom is 0.253 e. The summed E-state index contributed by atoms with van der Waals surface area (Å²) in [5.74, 6) is -0.869. The quantitative estimate of drug-likeness (QED) is 0.853. The van der Waals surface area contributed by atoms with Gasteiger partial charge in [-0.15, -0.1) is 0 Å². The second-order valence-corrected chi connectivity index (χ2v) is 4.43. The third-order valence-electron chi connectivity index (χ3n) is 3.08. The molecule has 0 fully saturated rings. The zero-order valence-corrected chi connectivity index (χ0v) is 11.5. The van der Waals surface area contributed by atoms with Crippen LogP contribution in [0.1, 0.15) is 42.2 Å². The van der Waals surface area contributed by atoms with Crippen LogP contribution in [0.5, 0.6) is 0 Å². The average Bonchev–Trinajstić information content (AvgIpc) is 2.94. The first-order valence-corrected chi connectivity index (χ1v) is 6.58. The van der Waals surface area contributed by atoms with Crippen molar-refractivity contribution in [3.8, 4) is 0 Å². The highest BCUT2D eigenvalue weighted by molar-refractivity contribution is 5.94. The molecule has 2 rings (SSSR count). The predicted molar refractivity (Wildman–Crippen MR) is 72.6 cm³/mol. The van der Waals surface area contributed by atoms with Gasteiger partial charge in [-0.05, 0) is 25.5 Å². The first kappa shape index (κ1) is 14.2. The Morgan fingerprint density at radius 3 is 2.75 bits per heavy atom. The van der Waals surface area contributed by atoms with Crippen LogP contribution in [0.2, 0.25) is 0 Å². The number of carbonyl (C=O) groups is 1. The van der Waals surface area contributed by atoms with E-state index in [-0.39, 0.29) is 11.9 Å². The van der Waals surface area contributed by atoms with E-state index in [1.807, 2.05) is 24.7 Å². The summed E-state index contributed by atoms with van der Waals surface area (Å²) in [4.78, 5) is 15.6. The molecule has 0 aliphatic heterocycles. The van der Waals surface area contributed by atoms with Crippen molar-refractivity contribution in [1.29, 1.82) is 0 Å². The predicted octanol–water partition coefficient (Wildman–Crippen LogP) is 2.32. The molecule has 0 radical (unpaired) electrons. The molecule has 6 heteroatoms. The van der Waals surface area contributed by atoms with E-state index >= 15 is 0 Å². The number of amides is 1. The maximum absolute atomic E-state index is 12.7. The first-order valence-electron chi connectivity index (χ1n) is 6.58. The minimum absolute atomic E-state index is 0.118. The van der Waals surface area contributed by atoms with E-state index < -0.39 is 5.95 Å². The number of rotatable bonds is 5. The lowest BCUT2D eigenvalue weighted by molar-refractivity contribution is 0.0935. The number of nitrogens with one attached hydrogen (secondary N) is 1. The van der Waals surface area contributed by atoms with Crippen LogP contribution in [0, 0.1) is 5.95 Å². The van der Waals surface area contributed by atoms with Gasteiger partial charge in [-0.25, -0.2) is 4.98 Å². The van der Waals surface area contributed by atoms with Crippen LogP contribution >= 0.6 is 0 Å². The van der Waals surface area contributed by atoms with Crippen LogP contribution in [0.4, 0.5) is 4.39 Å². The first-order chi connectivity index (χ1) is 9.63. The molecule has 0 spiro atoms. The molecule has 0 unspecified atom stereocenters. The van der Waals surface area contributed by atoms with Crippen molar-refractivity contribution in [3.05, 3.63) is 47.8 Å². The second-order valence-electron chi connectivity index (χ2n) is 4.43. The van der Waals surface area contributed by atoms with E-state index in [2.05, 4.69) is 15.4 Å². The van der Waals surface area contributed by atoms with Crippen LogP contribution in [0.15, 0.2) is 30.7 Å². The molecule has 0 bridgehead atoms. The smallest absolute Gasteiger partial charge is 0.253 e. The van der Waals surface area contributed by atoms with Gasteiger partial charge in [0, 0.05) is 24.5 Å². The SMILES string of the molecule is CC[C@H](NC(=O)c1ccc(F)nc1)c1cnn(CC)c1. The molecule has 20 heavy (non-hydrogen) atoms. The van der Waals surface area contributed by atoms with Gasteiger partial charge in [-0.3, -0.25) is 9.48 Å². The molecule has 1 amide bonds. The summed E-state index contributed by atoms with van der Waals surface area (Å²) in [6, 6.07) is 2.47. The Morgan fingerprint density at radius 2 is 2.20 bits per heavy atom. The van der Waals surface area contributed by atoms with E-state index in [1.165, 1.54) is 18.3 Å². The topological polar surface area (TPSA) is 59.8 Å². The van der Waals surface area contributed by atoms with Crippen LogP contribution < -0.4 is 5.32 Å². The van der Waals surface area contributed by atoms with Gasteiger partial charge in [0.25, 0.3) is 5.91 Å². The highest BCUT2D eigenvalue weighted by Gasteiger charge is 2.16. The normalized spacial score (nSPS) is 12.2. The summed E-state index contributed by atoms with van der Waals surface area (Å²) in [5, 5.41) is 7.10. The average molecular weight is 276 g/mol.